The van der Waals surface area contributed by atoms with Gasteiger partial charge in [-0.15, -0.1) is 6.58 Å². The Labute approximate surface area is 69.1 Å². The molecule has 0 aromatic carbocycles. The zero-order chi connectivity index (χ0) is 8.91. The van der Waals surface area contributed by atoms with Gasteiger partial charge in [0, 0.05) is 12.8 Å². The summed E-state index contributed by atoms with van der Waals surface area (Å²) < 4.78 is 16.8. The smallest absolute Gasteiger partial charge is 0.204 e. The monoisotopic (exact) mass is 176 g/mol. The minimum Gasteiger partial charge on any atom is -0.325 e. The summed E-state index contributed by atoms with van der Waals surface area (Å²) in [6.07, 6.45) is 3.10. The summed E-state index contributed by atoms with van der Waals surface area (Å²) in [5.41, 5.74) is 0. The van der Waals surface area contributed by atoms with Crippen LogP contribution >= 0.6 is 7.37 Å². The number of rotatable bonds is 5. The van der Waals surface area contributed by atoms with E-state index >= 15 is 0 Å². The highest BCUT2D eigenvalue weighted by Crippen LogP contribution is 2.43. The molecule has 2 atom stereocenters. The molecule has 11 heavy (non-hydrogen) atoms. The fourth-order valence-electron chi connectivity index (χ4n) is 0.733. The molecule has 0 saturated heterocycles. The molecule has 0 aromatic rings. The zero-order valence-corrected chi connectivity index (χ0v) is 8.43. The fraction of sp³-hybridized carbons (Fsp3) is 0.750. The van der Waals surface area contributed by atoms with Crippen LogP contribution in [0.15, 0.2) is 12.7 Å². The third-order valence-electron chi connectivity index (χ3n) is 1.44. The van der Waals surface area contributed by atoms with E-state index in [0.29, 0.717) is 6.16 Å². The predicted octanol–water partition coefficient (Wildman–Crippen LogP) is 2.90. The van der Waals surface area contributed by atoms with Gasteiger partial charge in [0.25, 0.3) is 0 Å². The molecule has 0 N–H and O–H groups in total. The van der Waals surface area contributed by atoms with E-state index in [1.165, 1.54) is 0 Å². The van der Waals surface area contributed by atoms with Gasteiger partial charge in [0.15, 0.2) is 0 Å². The van der Waals surface area contributed by atoms with Crippen molar-refractivity contribution in [1.29, 1.82) is 0 Å². The van der Waals surface area contributed by atoms with Crippen LogP contribution < -0.4 is 0 Å². The second kappa shape index (κ2) is 4.74. The second-order valence-corrected chi connectivity index (χ2v) is 5.41. The summed E-state index contributed by atoms with van der Waals surface area (Å²) in [5.74, 6) is 0. The van der Waals surface area contributed by atoms with Crippen molar-refractivity contribution in [2.45, 2.75) is 26.4 Å². The van der Waals surface area contributed by atoms with E-state index in [1.807, 2.05) is 13.8 Å². The molecule has 0 heterocycles. The first-order valence-electron chi connectivity index (χ1n) is 3.87. The molecular formula is C8H17O2P. The van der Waals surface area contributed by atoms with Crippen LogP contribution in [0.4, 0.5) is 0 Å². The standard InChI is InChI=1S/C8H17O2P/c1-5-7-11(4,9)10-8(3)6-2/h5,8H,1,6-7H2,2-4H3. The first-order valence-corrected chi connectivity index (χ1v) is 6.13. The number of allylic oxidation sites excluding steroid dienone is 1. The summed E-state index contributed by atoms with van der Waals surface area (Å²) >= 11 is 0. The van der Waals surface area contributed by atoms with Crippen LogP contribution in [0, 0.1) is 0 Å². The molecular weight excluding hydrogens is 159 g/mol. The molecule has 2 unspecified atom stereocenters. The van der Waals surface area contributed by atoms with E-state index in [2.05, 4.69) is 6.58 Å². The van der Waals surface area contributed by atoms with Crippen LogP contribution in [0.2, 0.25) is 0 Å². The SMILES string of the molecule is C=CCP(C)(=O)OC(C)CC. The minimum atomic E-state index is -2.38. The van der Waals surface area contributed by atoms with E-state index in [9.17, 15) is 4.57 Å². The maximum atomic E-state index is 11.5. The predicted molar refractivity (Wildman–Crippen MR) is 49.4 cm³/mol. The van der Waals surface area contributed by atoms with Gasteiger partial charge in [-0.1, -0.05) is 13.0 Å². The highest BCUT2D eigenvalue weighted by Gasteiger charge is 2.16. The van der Waals surface area contributed by atoms with Gasteiger partial charge in [-0.05, 0) is 13.3 Å². The van der Waals surface area contributed by atoms with Gasteiger partial charge in [-0.2, -0.15) is 0 Å². The van der Waals surface area contributed by atoms with Crippen molar-refractivity contribution in [3.63, 3.8) is 0 Å². The molecule has 0 radical (unpaired) electrons. The molecule has 0 aliphatic heterocycles. The summed E-state index contributed by atoms with van der Waals surface area (Å²) in [6.45, 7) is 9.12. The molecule has 3 heteroatoms. The van der Waals surface area contributed by atoms with Crippen LogP contribution in [0.3, 0.4) is 0 Å². The van der Waals surface area contributed by atoms with Crippen molar-refractivity contribution in [1.82, 2.24) is 0 Å². The maximum Gasteiger partial charge on any atom is 0.204 e. The van der Waals surface area contributed by atoms with Crippen molar-refractivity contribution in [3.05, 3.63) is 12.7 Å². The average molecular weight is 176 g/mol. The lowest BCUT2D eigenvalue weighted by Crippen LogP contribution is -2.04. The molecule has 0 fully saturated rings. The maximum absolute atomic E-state index is 11.5. The molecule has 0 aliphatic carbocycles. The first-order chi connectivity index (χ1) is 5.02. The highest BCUT2D eigenvalue weighted by atomic mass is 31.2. The van der Waals surface area contributed by atoms with Gasteiger partial charge in [0.05, 0.1) is 6.10 Å². The Morgan fingerprint density at radius 1 is 1.73 bits per heavy atom. The Morgan fingerprint density at radius 2 is 2.27 bits per heavy atom. The van der Waals surface area contributed by atoms with Crippen LogP contribution in [-0.2, 0) is 9.09 Å². The number of hydrogen-bond acceptors (Lipinski definition) is 2. The van der Waals surface area contributed by atoms with Gasteiger partial charge in [-0.25, -0.2) is 0 Å². The van der Waals surface area contributed by atoms with Gasteiger partial charge in [-0.3, -0.25) is 4.57 Å². The highest BCUT2D eigenvalue weighted by molar-refractivity contribution is 7.58. The first kappa shape index (κ1) is 10.9. The van der Waals surface area contributed by atoms with E-state index in [4.69, 9.17) is 4.52 Å². The Bertz CT molecular complexity index is 165. The topological polar surface area (TPSA) is 26.3 Å². The van der Waals surface area contributed by atoms with E-state index in [0.717, 1.165) is 6.42 Å². The Morgan fingerprint density at radius 3 is 2.64 bits per heavy atom. The van der Waals surface area contributed by atoms with Crippen molar-refractivity contribution in [3.8, 4) is 0 Å². The normalized spacial score (nSPS) is 18.8. The van der Waals surface area contributed by atoms with Crippen molar-refractivity contribution in [2.24, 2.45) is 0 Å². The van der Waals surface area contributed by atoms with Crippen LogP contribution in [0.25, 0.3) is 0 Å². The van der Waals surface area contributed by atoms with Gasteiger partial charge >= 0.3 is 0 Å². The molecule has 0 amide bonds. The van der Waals surface area contributed by atoms with Crippen molar-refractivity contribution in [2.75, 3.05) is 12.8 Å². The quantitative estimate of drug-likeness (QED) is 0.475. The lowest BCUT2D eigenvalue weighted by atomic mass is 10.3. The lowest BCUT2D eigenvalue weighted by molar-refractivity contribution is 0.223. The third kappa shape index (κ3) is 5.23. The van der Waals surface area contributed by atoms with E-state index in [-0.39, 0.29) is 6.10 Å². The van der Waals surface area contributed by atoms with E-state index < -0.39 is 7.37 Å². The molecule has 2 nitrogen and oxygen atoms in total. The van der Waals surface area contributed by atoms with Gasteiger partial charge in [0.1, 0.15) is 0 Å². The van der Waals surface area contributed by atoms with Crippen LogP contribution in [0.5, 0.6) is 0 Å². The summed E-state index contributed by atoms with van der Waals surface area (Å²) in [6, 6.07) is 0. The molecule has 0 saturated carbocycles. The van der Waals surface area contributed by atoms with Crippen LogP contribution in [-0.4, -0.2) is 18.9 Å². The summed E-state index contributed by atoms with van der Waals surface area (Å²) in [4.78, 5) is 0. The van der Waals surface area contributed by atoms with Crippen LogP contribution in [0.1, 0.15) is 20.3 Å². The van der Waals surface area contributed by atoms with Gasteiger partial charge in [0.2, 0.25) is 7.37 Å². The van der Waals surface area contributed by atoms with Gasteiger partial charge < -0.3 is 4.52 Å². The Hall–Kier alpha value is -0.0700. The van der Waals surface area contributed by atoms with E-state index in [1.54, 1.807) is 12.7 Å². The minimum absolute atomic E-state index is 0.0887. The summed E-state index contributed by atoms with van der Waals surface area (Å²) in [7, 11) is -2.38. The zero-order valence-electron chi connectivity index (χ0n) is 7.54. The third-order valence-corrected chi connectivity index (χ3v) is 3.17. The molecule has 0 rings (SSSR count). The molecule has 0 aliphatic rings. The van der Waals surface area contributed by atoms with Crippen molar-refractivity contribution >= 4 is 7.37 Å². The average Bonchev–Trinajstić information content (AvgIpc) is 1.86. The summed E-state index contributed by atoms with van der Waals surface area (Å²) in [5, 5.41) is 0. The van der Waals surface area contributed by atoms with Crippen molar-refractivity contribution < 1.29 is 9.09 Å². The second-order valence-electron chi connectivity index (χ2n) is 2.81. The fourth-order valence-corrected chi connectivity index (χ4v) is 2.20. The molecule has 0 spiro atoms. The molecule has 0 bridgehead atoms. The lowest BCUT2D eigenvalue weighted by Gasteiger charge is -2.16. The Kier molecular flexibility index (Phi) is 4.71. The Balaban J connectivity index is 3.90. The molecule has 0 aromatic heterocycles. The largest absolute Gasteiger partial charge is 0.325 e. The molecule has 66 valence electrons. The number of hydrogen-bond donors (Lipinski definition) is 0.